The lowest BCUT2D eigenvalue weighted by Crippen LogP contribution is -2.90. The molecule has 21 heavy (non-hydrogen) atoms. The summed E-state index contributed by atoms with van der Waals surface area (Å²) in [6, 6.07) is 11.8. The summed E-state index contributed by atoms with van der Waals surface area (Å²) in [4.78, 5) is 12.0. The molecule has 110 valence electrons. The van der Waals surface area contributed by atoms with Crippen molar-refractivity contribution >= 4 is 11.6 Å². The van der Waals surface area contributed by atoms with Gasteiger partial charge in [-0.1, -0.05) is 24.3 Å². The molecule has 0 spiro atoms. The average Bonchev–Trinajstić information content (AvgIpc) is 2.48. The van der Waals surface area contributed by atoms with E-state index in [2.05, 4.69) is 5.32 Å². The molecule has 0 aromatic heterocycles. The van der Waals surface area contributed by atoms with Gasteiger partial charge >= 0.3 is 0 Å². The summed E-state index contributed by atoms with van der Waals surface area (Å²) in [5.41, 5.74) is 1.09. The largest absolute Gasteiger partial charge is 0.333 e. The van der Waals surface area contributed by atoms with Crippen molar-refractivity contribution in [2.45, 2.75) is 19.5 Å². The van der Waals surface area contributed by atoms with Crippen molar-refractivity contribution in [1.82, 2.24) is 0 Å². The number of hydrogen-bond donors (Lipinski definition) is 2. The van der Waals surface area contributed by atoms with Crippen LogP contribution in [0.1, 0.15) is 12.5 Å². The number of amides is 1. The second-order valence-electron chi connectivity index (χ2n) is 4.82. The standard InChI is InChI=1S/C16H16F2N2O/c1-11(19-10-12-6-8-13(17)9-7-12)16(21)20-15-5-3-2-4-14(15)18/h2-9,11,19H,10H2,1H3,(H,20,21)/p+1/t11-/m0/s1. The third kappa shape index (κ3) is 4.36. The zero-order valence-electron chi connectivity index (χ0n) is 11.6. The number of nitrogens with two attached hydrogens (primary N) is 1. The number of halogens is 2. The minimum atomic E-state index is -0.461. The van der Waals surface area contributed by atoms with E-state index in [1.54, 1.807) is 31.2 Å². The van der Waals surface area contributed by atoms with E-state index in [1.807, 2.05) is 5.32 Å². The van der Waals surface area contributed by atoms with Gasteiger partial charge < -0.3 is 10.6 Å². The monoisotopic (exact) mass is 291 g/mol. The normalized spacial score (nSPS) is 12.0. The van der Waals surface area contributed by atoms with E-state index in [-0.39, 0.29) is 23.5 Å². The fourth-order valence-electron chi connectivity index (χ4n) is 1.85. The number of nitrogens with one attached hydrogen (secondary N) is 1. The van der Waals surface area contributed by atoms with Crippen LogP contribution < -0.4 is 10.6 Å². The van der Waals surface area contributed by atoms with Crippen LogP contribution in [-0.4, -0.2) is 11.9 Å². The van der Waals surface area contributed by atoms with Gasteiger partial charge in [0, 0.05) is 5.56 Å². The van der Waals surface area contributed by atoms with Gasteiger partial charge in [0.2, 0.25) is 0 Å². The number of quaternary nitrogens is 1. The van der Waals surface area contributed by atoms with Crippen molar-refractivity contribution in [3.63, 3.8) is 0 Å². The van der Waals surface area contributed by atoms with Gasteiger partial charge in [0.25, 0.3) is 5.91 Å². The second-order valence-corrected chi connectivity index (χ2v) is 4.82. The van der Waals surface area contributed by atoms with Gasteiger partial charge in [-0.15, -0.1) is 0 Å². The molecule has 1 atom stereocenters. The summed E-state index contributed by atoms with van der Waals surface area (Å²) in [6.07, 6.45) is 0. The lowest BCUT2D eigenvalue weighted by atomic mass is 10.2. The Morgan fingerprint density at radius 1 is 1.14 bits per heavy atom. The van der Waals surface area contributed by atoms with Crippen LogP contribution >= 0.6 is 0 Å². The average molecular weight is 291 g/mol. The number of carbonyl (C=O) groups is 1. The fourth-order valence-corrected chi connectivity index (χ4v) is 1.85. The quantitative estimate of drug-likeness (QED) is 0.870. The van der Waals surface area contributed by atoms with Crippen molar-refractivity contribution < 1.29 is 18.9 Å². The van der Waals surface area contributed by atoms with E-state index in [1.165, 1.54) is 24.3 Å². The number of benzene rings is 2. The molecule has 0 bridgehead atoms. The van der Waals surface area contributed by atoms with Crippen LogP contribution in [0.4, 0.5) is 14.5 Å². The molecule has 2 aromatic carbocycles. The summed E-state index contributed by atoms with van der Waals surface area (Å²) >= 11 is 0. The van der Waals surface area contributed by atoms with Gasteiger partial charge in [0.1, 0.15) is 18.2 Å². The fraction of sp³-hybridized carbons (Fsp3) is 0.188. The number of hydrogen-bond acceptors (Lipinski definition) is 1. The van der Waals surface area contributed by atoms with Gasteiger partial charge in [0.05, 0.1) is 5.69 Å². The highest BCUT2D eigenvalue weighted by atomic mass is 19.1. The van der Waals surface area contributed by atoms with Crippen molar-refractivity contribution in [3.05, 3.63) is 65.7 Å². The zero-order chi connectivity index (χ0) is 15.2. The number of para-hydroxylation sites is 1. The van der Waals surface area contributed by atoms with Crippen molar-refractivity contribution in [2.75, 3.05) is 5.32 Å². The molecule has 0 aliphatic rings. The maximum Gasteiger partial charge on any atom is 0.282 e. The summed E-state index contributed by atoms with van der Waals surface area (Å²) in [7, 11) is 0. The molecule has 2 rings (SSSR count). The van der Waals surface area contributed by atoms with Gasteiger partial charge in [-0.2, -0.15) is 0 Å². The van der Waals surface area contributed by atoms with E-state index < -0.39 is 5.82 Å². The molecule has 1 amide bonds. The highest BCUT2D eigenvalue weighted by Gasteiger charge is 2.17. The Morgan fingerprint density at radius 2 is 1.81 bits per heavy atom. The Kier molecular flexibility index (Phi) is 5.00. The molecular formula is C16H17F2N2O+. The van der Waals surface area contributed by atoms with E-state index in [4.69, 9.17) is 0 Å². The maximum atomic E-state index is 13.4. The third-order valence-corrected chi connectivity index (χ3v) is 3.17. The number of anilines is 1. The first-order chi connectivity index (χ1) is 10.1. The first-order valence-corrected chi connectivity index (χ1v) is 6.69. The van der Waals surface area contributed by atoms with Crippen LogP contribution in [0.5, 0.6) is 0 Å². The van der Waals surface area contributed by atoms with Crippen LogP contribution in [-0.2, 0) is 11.3 Å². The number of rotatable bonds is 5. The van der Waals surface area contributed by atoms with Crippen LogP contribution in [0.25, 0.3) is 0 Å². The van der Waals surface area contributed by atoms with Crippen molar-refractivity contribution in [3.8, 4) is 0 Å². The molecule has 0 saturated heterocycles. The minimum Gasteiger partial charge on any atom is -0.333 e. The van der Waals surface area contributed by atoms with Crippen molar-refractivity contribution in [2.24, 2.45) is 0 Å². The summed E-state index contributed by atoms with van der Waals surface area (Å²) in [5, 5.41) is 4.36. The first kappa shape index (κ1) is 15.1. The Labute approximate surface area is 122 Å². The molecule has 0 aliphatic carbocycles. The highest BCUT2D eigenvalue weighted by Crippen LogP contribution is 2.12. The molecule has 3 nitrogen and oxygen atoms in total. The van der Waals surface area contributed by atoms with Crippen LogP contribution in [0.3, 0.4) is 0 Å². The van der Waals surface area contributed by atoms with E-state index in [0.717, 1.165) is 5.56 Å². The lowest BCUT2D eigenvalue weighted by molar-refractivity contribution is -0.688. The van der Waals surface area contributed by atoms with E-state index in [9.17, 15) is 13.6 Å². The molecular weight excluding hydrogens is 274 g/mol. The summed E-state index contributed by atoms with van der Waals surface area (Å²) < 4.78 is 26.2. The second kappa shape index (κ2) is 6.95. The molecule has 0 unspecified atom stereocenters. The first-order valence-electron chi connectivity index (χ1n) is 6.69. The van der Waals surface area contributed by atoms with Crippen LogP contribution in [0, 0.1) is 11.6 Å². The molecule has 3 N–H and O–H groups in total. The molecule has 0 fully saturated rings. The molecule has 0 heterocycles. The molecule has 0 radical (unpaired) electrons. The Morgan fingerprint density at radius 3 is 2.48 bits per heavy atom. The smallest absolute Gasteiger partial charge is 0.282 e. The molecule has 2 aromatic rings. The van der Waals surface area contributed by atoms with Crippen LogP contribution in [0.15, 0.2) is 48.5 Å². The third-order valence-electron chi connectivity index (χ3n) is 3.17. The van der Waals surface area contributed by atoms with Crippen LogP contribution in [0.2, 0.25) is 0 Å². The molecule has 0 saturated carbocycles. The van der Waals surface area contributed by atoms with Gasteiger partial charge in [-0.05, 0) is 31.2 Å². The Balaban J connectivity index is 1.88. The minimum absolute atomic E-state index is 0.171. The highest BCUT2D eigenvalue weighted by molar-refractivity contribution is 5.93. The zero-order valence-corrected chi connectivity index (χ0v) is 11.6. The lowest BCUT2D eigenvalue weighted by Gasteiger charge is -2.12. The van der Waals surface area contributed by atoms with Crippen molar-refractivity contribution in [1.29, 1.82) is 0 Å². The Bertz CT molecular complexity index is 614. The Hall–Kier alpha value is -2.27. The topological polar surface area (TPSA) is 45.7 Å². The van der Waals surface area contributed by atoms with E-state index >= 15 is 0 Å². The van der Waals surface area contributed by atoms with Gasteiger partial charge in [-0.3, -0.25) is 4.79 Å². The predicted molar refractivity (Wildman–Crippen MR) is 76.5 cm³/mol. The SMILES string of the molecule is C[C@H]([NH2+]Cc1ccc(F)cc1)C(=O)Nc1ccccc1F. The number of carbonyl (C=O) groups excluding carboxylic acids is 1. The van der Waals surface area contributed by atoms with Gasteiger partial charge in [-0.25, -0.2) is 8.78 Å². The molecule has 0 aliphatic heterocycles. The maximum absolute atomic E-state index is 13.4. The van der Waals surface area contributed by atoms with Gasteiger partial charge in [0.15, 0.2) is 6.04 Å². The molecule has 5 heteroatoms. The van der Waals surface area contributed by atoms with E-state index in [0.29, 0.717) is 6.54 Å². The summed E-state index contributed by atoms with van der Waals surface area (Å²) in [6.45, 7) is 2.28. The predicted octanol–water partition coefficient (Wildman–Crippen LogP) is 2.06. The summed E-state index contributed by atoms with van der Waals surface area (Å²) in [5.74, 6) is -1.03.